The molecule has 0 aliphatic heterocycles. The molecule has 1 aromatic rings. The minimum Gasteiger partial charge on any atom is -0.494 e. The number of rotatable bonds is 0. The van der Waals surface area contributed by atoms with Crippen LogP contribution in [0, 0.1) is 0 Å². The number of H-pyrrole nitrogens is 1. The molecule has 2 atom stereocenters. The molecule has 3 rings (SSSR count). The lowest BCUT2D eigenvalue weighted by Crippen LogP contribution is -2.16. The second-order valence-corrected chi connectivity index (χ2v) is 3.70. The van der Waals surface area contributed by atoms with Crippen molar-refractivity contribution in [3.8, 4) is 11.8 Å². The van der Waals surface area contributed by atoms with Gasteiger partial charge in [0.1, 0.15) is 5.60 Å². The molecule has 4 N–H and O–H groups in total. The third-order valence-corrected chi connectivity index (χ3v) is 2.94. The summed E-state index contributed by atoms with van der Waals surface area (Å²) in [5, 5.41) is 28.9. The van der Waals surface area contributed by atoms with E-state index in [-0.39, 0.29) is 17.7 Å². The Morgan fingerprint density at radius 1 is 1.38 bits per heavy atom. The third kappa shape index (κ3) is 0.615. The SMILES string of the molecule is Oc1[nH]c(O)c2c1C1C=CC2(O)C1. The third-order valence-electron chi connectivity index (χ3n) is 2.94. The summed E-state index contributed by atoms with van der Waals surface area (Å²) in [4.78, 5) is 2.42. The zero-order valence-electron chi connectivity index (χ0n) is 6.78. The zero-order chi connectivity index (χ0) is 9.22. The number of aromatic nitrogens is 1. The first-order chi connectivity index (χ1) is 6.12. The Hall–Kier alpha value is -1.42. The van der Waals surface area contributed by atoms with Gasteiger partial charge in [0, 0.05) is 11.5 Å². The molecule has 0 fully saturated rings. The van der Waals surface area contributed by atoms with Crippen LogP contribution >= 0.6 is 0 Å². The van der Waals surface area contributed by atoms with Crippen LogP contribution in [0.5, 0.6) is 11.8 Å². The van der Waals surface area contributed by atoms with Crippen LogP contribution in [0.15, 0.2) is 12.2 Å². The average molecular weight is 179 g/mol. The molecule has 68 valence electrons. The van der Waals surface area contributed by atoms with E-state index in [9.17, 15) is 15.3 Å². The molecule has 13 heavy (non-hydrogen) atoms. The van der Waals surface area contributed by atoms with Gasteiger partial charge in [-0.15, -0.1) is 0 Å². The van der Waals surface area contributed by atoms with E-state index in [2.05, 4.69) is 4.98 Å². The van der Waals surface area contributed by atoms with Gasteiger partial charge < -0.3 is 15.3 Å². The van der Waals surface area contributed by atoms with Gasteiger partial charge in [0.2, 0.25) is 0 Å². The minimum atomic E-state index is -1.07. The highest BCUT2D eigenvalue weighted by atomic mass is 16.3. The van der Waals surface area contributed by atoms with Gasteiger partial charge in [0.15, 0.2) is 11.8 Å². The lowest BCUT2D eigenvalue weighted by Gasteiger charge is -2.15. The van der Waals surface area contributed by atoms with Crippen LogP contribution in [0.3, 0.4) is 0 Å². The van der Waals surface area contributed by atoms with E-state index < -0.39 is 5.60 Å². The van der Waals surface area contributed by atoms with Gasteiger partial charge in [-0.1, -0.05) is 12.2 Å². The Kier molecular flexibility index (Phi) is 0.944. The van der Waals surface area contributed by atoms with Gasteiger partial charge >= 0.3 is 0 Å². The van der Waals surface area contributed by atoms with Crippen LogP contribution < -0.4 is 0 Å². The highest BCUT2D eigenvalue weighted by molar-refractivity contribution is 5.59. The van der Waals surface area contributed by atoms with E-state index >= 15 is 0 Å². The van der Waals surface area contributed by atoms with Gasteiger partial charge in [-0.3, -0.25) is 4.98 Å². The van der Waals surface area contributed by atoms with Gasteiger partial charge in [0.05, 0.1) is 5.56 Å². The van der Waals surface area contributed by atoms with Gasteiger partial charge in [-0.2, -0.15) is 0 Å². The number of nitrogens with one attached hydrogen (secondary N) is 1. The number of hydrogen-bond acceptors (Lipinski definition) is 3. The molecule has 4 heteroatoms. The Morgan fingerprint density at radius 3 is 2.85 bits per heavy atom. The van der Waals surface area contributed by atoms with Crippen LogP contribution in [-0.2, 0) is 5.60 Å². The van der Waals surface area contributed by atoms with E-state index in [0.717, 1.165) is 0 Å². The first kappa shape index (κ1) is 7.03. The van der Waals surface area contributed by atoms with Crippen LogP contribution in [0.2, 0.25) is 0 Å². The zero-order valence-corrected chi connectivity index (χ0v) is 6.78. The summed E-state index contributed by atoms with van der Waals surface area (Å²) in [6.07, 6.45) is 4.07. The molecule has 1 aromatic heterocycles. The Morgan fingerprint density at radius 2 is 2.15 bits per heavy atom. The molecule has 0 saturated carbocycles. The molecule has 0 aromatic carbocycles. The van der Waals surface area contributed by atoms with Crippen molar-refractivity contribution < 1.29 is 15.3 Å². The predicted molar refractivity (Wildman–Crippen MR) is 44.5 cm³/mol. The summed E-state index contributed by atoms with van der Waals surface area (Å²) in [7, 11) is 0. The number of hydrogen-bond donors (Lipinski definition) is 4. The fraction of sp³-hybridized carbons (Fsp3) is 0.333. The fourth-order valence-electron chi connectivity index (χ4n) is 2.42. The summed E-state index contributed by atoms with van der Waals surface area (Å²) in [5.41, 5.74) is 0.0154. The standard InChI is InChI=1S/C9H9NO3/c11-7-5-4-1-2-9(13,3-4)6(5)8(12)10-7/h1-2,4,10-13H,3H2. The van der Waals surface area contributed by atoms with E-state index in [1.165, 1.54) is 0 Å². The summed E-state index contributed by atoms with van der Waals surface area (Å²) in [6.45, 7) is 0. The Labute approximate surface area is 74.1 Å². The van der Waals surface area contributed by atoms with Crippen molar-refractivity contribution in [2.75, 3.05) is 0 Å². The molecule has 2 unspecified atom stereocenters. The second-order valence-electron chi connectivity index (χ2n) is 3.70. The quantitative estimate of drug-likeness (QED) is 0.442. The molecule has 2 aliphatic rings. The lowest BCUT2D eigenvalue weighted by molar-refractivity contribution is 0.0939. The molecule has 2 bridgehead atoms. The maximum absolute atomic E-state index is 10.0. The van der Waals surface area contributed by atoms with E-state index in [1.54, 1.807) is 6.08 Å². The summed E-state index contributed by atoms with van der Waals surface area (Å²) >= 11 is 0. The van der Waals surface area contributed by atoms with Gasteiger partial charge in [-0.05, 0) is 6.42 Å². The average Bonchev–Trinajstić information content (AvgIpc) is 2.62. The van der Waals surface area contributed by atoms with Gasteiger partial charge in [0.25, 0.3) is 0 Å². The van der Waals surface area contributed by atoms with Crippen LogP contribution in [-0.4, -0.2) is 20.3 Å². The fourth-order valence-corrected chi connectivity index (χ4v) is 2.42. The van der Waals surface area contributed by atoms with Crippen molar-refractivity contribution in [3.05, 3.63) is 23.3 Å². The van der Waals surface area contributed by atoms with E-state index in [4.69, 9.17) is 0 Å². The molecule has 0 amide bonds. The largest absolute Gasteiger partial charge is 0.494 e. The van der Waals surface area contributed by atoms with Crippen molar-refractivity contribution in [3.63, 3.8) is 0 Å². The molecular formula is C9H9NO3. The summed E-state index contributed by atoms with van der Waals surface area (Å²) in [6, 6.07) is 0. The molecule has 0 radical (unpaired) electrons. The first-order valence-corrected chi connectivity index (χ1v) is 4.18. The monoisotopic (exact) mass is 179 g/mol. The summed E-state index contributed by atoms with van der Waals surface area (Å²) < 4.78 is 0. The molecule has 1 heterocycles. The molecule has 0 saturated heterocycles. The number of aromatic hydroxyl groups is 2. The number of aliphatic hydroxyl groups is 1. The maximum Gasteiger partial charge on any atom is 0.198 e. The molecule has 2 aliphatic carbocycles. The Balaban J connectivity index is 2.35. The van der Waals surface area contributed by atoms with Crippen molar-refractivity contribution in [2.24, 2.45) is 0 Å². The number of fused-ring (bicyclic) bond motifs is 5. The number of aromatic amines is 1. The topological polar surface area (TPSA) is 76.5 Å². The second kappa shape index (κ2) is 1.75. The minimum absolute atomic E-state index is 0.0298. The highest BCUT2D eigenvalue weighted by Crippen LogP contribution is 2.57. The molecule has 4 nitrogen and oxygen atoms in total. The smallest absolute Gasteiger partial charge is 0.198 e. The van der Waals surface area contributed by atoms with Crippen molar-refractivity contribution in [1.29, 1.82) is 0 Å². The van der Waals surface area contributed by atoms with Crippen LogP contribution in [0.25, 0.3) is 0 Å². The lowest BCUT2D eigenvalue weighted by atomic mass is 9.98. The molecule has 0 spiro atoms. The maximum atomic E-state index is 10.0. The Bertz CT molecular complexity index is 421. The van der Waals surface area contributed by atoms with E-state index in [0.29, 0.717) is 17.5 Å². The van der Waals surface area contributed by atoms with E-state index in [1.807, 2.05) is 6.08 Å². The first-order valence-electron chi connectivity index (χ1n) is 4.18. The summed E-state index contributed by atoms with van der Waals surface area (Å²) in [5.74, 6) is -0.114. The van der Waals surface area contributed by atoms with Crippen LogP contribution in [0.4, 0.5) is 0 Å². The number of allylic oxidation sites excluding steroid dienone is 1. The predicted octanol–water partition coefficient (Wildman–Crippen LogP) is 0.671. The van der Waals surface area contributed by atoms with Crippen molar-refractivity contribution >= 4 is 0 Å². The highest BCUT2D eigenvalue weighted by Gasteiger charge is 2.49. The van der Waals surface area contributed by atoms with Crippen molar-refractivity contribution in [1.82, 2.24) is 4.98 Å². The molecular weight excluding hydrogens is 170 g/mol. The van der Waals surface area contributed by atoms with Gasteiger partial charge in [-0.25, -0.2) is 0 Å². The van der Waals surface area contributed by atoms with Crippen molar-refractivity contribution in [2.45, 2.75) is 17.9 Å². The normalized spacial score (nSPS) is 34.1. The van der Waals surface area contributed by atoms with Crippen LogP contribution in [0.1, 0.15) is 23.5 Å².